The molecule has 1 saturated heterocycles. The highest BCUT2D eigenvalue weighted by atomic mass is 16.5. The molecule has 0 atom stereocenters. The fourth-order valence-corrected chi connectivity index (χ4v) is 4.44. The van der Waals surface area contributed by atoms with Gasteiger partial charge in [0.05, 0.1) is 5.69 Å². The molecule has 0 saturated carbocycles. The number of urea groups is 1. The van der Waals surface area contributed by atoms with Gasteiger partial charge in [-0.15, -0.1) is 0 Å². The van der Waals surface area contributed by atoms with Crippen LogP contribution in [0.25, 0.3) is 22.0 Å². The first kappa shape index (κ1) is 21.5. The summed E-state index contributed by atoms with van der Waals surface area (Å²) in [4.78, 5) is 43.7. The number of nitrogens with one attached hydrogen (secondary N) is 1. The number of aryl methyl sites for hydroxylation is 2. The summed E-state index contributed by atoms with van der Waals surface area (Å²) in [5, 5.41) is 0.744. The first-order valence-electron chi connectivity index (χ1n) is 11.1. The van der Waals surface area contributed by atoms with Crippen LogP contribution < -0.4 is 15.2 Å². The van der Waals surface area contributed by atoms with Crippen molar-refractivity contribution in [2.75, 3.05) is 18.0 Å². The summed E-state index contributed by atoms with van der Waals surface area (Å²) in [5.74, 6) is 0.943. The van der Waals surface area contributed by atoms with Crippen LogP contribution in [0.3, 0.4) is 0 Å². The molecule has 172 valence electrons. The van der Waals surface area contributed by atoms with Gasteiger partial charge < -0.3 is 19.2 Å². The molecule has 1 aliphatic rings. The van der Waals surface area contributed by atoms with Gasteiger partial charge in [0, 0.05) is 42.5 Å². The van der Waals surface area contributed by atoms with E-state index in [1.807, 2.05) is 62.5 Å². The van der Waals surface area contributed by atoms with E-state index >= 15 is 0 Å². The lowest BCUT2D eigenvalue weighted by molar-refractivity contribution is -0.116. The van der Waals surface area contributed by atoms with Crippen molar-refractivity contribution in [3.8, 4) is 22.6 Å². The van der Waals surface area contributed by atoms with Gasteiger partial charge >= 0.3 is 6.03 Å². The van der Waals surface area contributed by atoms with Gasteiger partial charge in [-0.3, -0.25) is 9.59 Å². The number of nitrogens with zero attached hydrogens (tertiary/aromatic N) is 3. The lowest BCUT2D eigenvalue weighted by Crippen LogP contribution is -2.33. The Kier molecular flexibility index (Phi) is 5.20. The zero-order chi connectivity index (χ0) is 24.0. The molecule has 0 radical (unpaired) electrons. The van der Waals surface area contributed by atoms with Gasteiger partial charge in [0.15, 0.2) is 0 Å². The monoisotopic (exact) mass is 456 g/mol. The molecule has 1 N–H and O–H groups in total. The van der Waals surface area contributed by atoms with E-state index in [1.165, 1.54) is 9.80 Å². The molecule has 0 unspecified atom stereocenters. The van der Waals surface area contributed by atoms with Gasteiger partial charge in [-0.2, -0.15) is 0 Å². The lowest BCUT2D eigenvalue weighted by Gasteiger charge is -2.21. The van der Waals surface area contributed by atoms with Crippen LogP contribution >= 0.6 is 0 Å². The van der Waals surface area contributed by atoms with Crippen molar-refractivity contribution in [2.24, 2.45) is 7.05 Å². The van der Waals surface area contributed by atoms with E-state index in [0.717, 1.165) is 16.5 Å². The molecule has 2 aromatic heterocycles. The number of ether oxygens (including phenoxy) is 1. The molecule has 0 aliphatic carbocycles. The molecule has 3 amide bonds. The largest absolute Gasteiger partial charge is 0.457 e. The van der Waals surface area contributed by atoms with E-state index in [-0.39, 0.29) is 24.0 Å². The molecule has 4 aromatic rings. The van der Waals surface area contributed by atoms with E-state index in [2.05, 4.69) is 4.98 Å². The van der Waals surface area contributed by atoms with Crippen LogP contribution in [-0.2, 0) is 11.8 Å². The highest BCUT2D eigenvalue weighted by Crippen LogP contribution is 2.42. The Bertz CT molecular complexity index is 1490. The maximum Gasteiger partial charge on any atom is 0.331 e. The predicted octanol–water partition coefficient (Wildman–Crippen LogP) is 4.42. The molecule has 1 aliphatic heterocycles. The van der Waals surface area contributed by atoms with E-state index in [9.17, 15) is 14.4 Å². The summed E-state index contributed by atoms with van der Waals surface area (Å²) >= 11 is 0. The number of hydrogen-bond donors (Lipinski definition) is 1. The van der Waals surface area contributed by atoms with E-state index in [4.69, 9.17) is 4.74 Å². The number of rotatable bonds is 5. The molecule has 5 rings (SSSR count). The third kappa shape index (κ3) is 3.44. The number of imide groups is 1. The number of aromatic nitrogens is 2. The summed E-state index contributed by atoms with van der Waals surface area (Å²) in [7, 11) is 1.81. The first-order chi connectivity index (χ1) is 16.4. The second kappa shape index (κ2) is 8.22. The molecule has 34 heavy (non-hydrogen) atoms. The number of pyridine rings is 1. The standard InChI is InChI=1S/C26H24N4O4/c1-4-29-15-23(31)30(26(29)33)21-13-19(20-14-28(3)24-18(20)10-11-27-25(24)32)22(12-16(21)2)34-17-8-6-5-7-9-17/h5-14H,4,15H2,1-3H3,(H,27,32). The van der Waals surface area contributed by atoms with Gasteiger partial charge in [-0.05, 0) is 49.7 Å². The third-order valence-electron chi connectivity index (χ3n) is 6.12. The Morgan fingerprint density at radius 1 is 1.03 bits per heavy atom. The minimum atomic E-state index is -0.340. The second-order valence-electron chi connectivity index (χ2n) is 8.30. The Labute approximate surface area is 196 Å². The summed E-state index contributed by atoms with van der Waals surface area (Å²) in [5.41, 5.74) is 3.00. The Morgan fingerprint density at radius 3 is 2.50 bits per heavy atom. The lowest BCUT2D eigenvalue weighted by atomic mass is 10.0. The summed E-state index contributed by atoms with van der Waals surface area (Å²) in [6, 6.07) is 14.5. The van der Waals surface area contributed by atoms with Gasteiger partial charge in [-0.25, -0.2) is 9.69 Å². The first-order valence-corrected chi connectivity index (χ1v) is 11.1. The van der Waals surface area contributed by atoms with E-state index < -0.39 is 0 Å². The van der Waals surface area contributed by atoms with Crippen molar-refractivity contribution in [3.05, 3.63) is 76.8 Å². The fraction of sp³-hybridized carbons (Fsp3) is 0.192. The summed E-state index contributed by atoms with van der Waals surface area (Å²) in [6.45, 7) is 4.20. The topological polar surface area (TPSA) is 87.6 Å². The Hall–Kier alpha value is -4.33. The van der Waals surface area contributed by atoms with Crippen LogP contribution in [0.5, 0.6) is 11.5 Å². The average Bonchev–Trinajstić information content (AvgIpc) is 3.31. The van der Waals surface area contributed by atoms with Crippen molar-refractivity contribution in [1.82, 2.24) is 14.5 Å². The second-order valence-corrected chi connectivity index (χ2v) is 8.30. The average molecular weight is 457 g/mol. The van der Waals surface area contributed by atoms with Crippen LogP contribution in [0.4, 0.5) is 10.5 Å². The number of carbonyl (C=O) groups excluding carboxylic acids is 2. The fourth-order valence-electron chi connectivity index (χ4n) is 4.44. The normalized spacial score (nSPS) is 13.9. The summed E-state index contributed by atoms with van der Waals surface area (Å²) < 4.78 is 8.02. The van der Waals surface area contributed by atoms with Crippen LogP contribution in [0.15, 0.2) is 65.7 Å². The number of likely N-dealkylation sites (N-methyl/N-ethyl adjacent to an activating group) is 1. The highest BCUT2D eigenvalue weighted by Gasteiger charge is 2.37. The number of anilines is 1. The molecule has 0 spiro atoms. The maximum atomic E-state index is 12.9. The molecule has 8 nitrogen and oxygen atoms in total. The Morgan fingerprint density at radius 2 is 1.79 bits per heavy atom. The van der Waals surface area contributed by atoms with Gasteiger partial charge in [0.25, 0.3) is 11.5 Å². The zero-order valence-electron chi connectivity index (χ0n) is 19.2. The third-order valence-corrected chi connectivity index (χ3v) is 6.12. The predicted molar refractivity (Wildman–Crippen MR) is 130 cm³/mol. The van der Waals surface area contributed by atoms with Crippen molar-refractivity contribution in [1.29, 1.82) is 0 Å². The molecule has 8 heteroatoms. The number of hydrogen-bond acceptors (Lipinski definition) is 4. The van der Waals surface area contributed by atoms with Gasteiger partial charge in [-0.1, -0.05) is 18.2 Å². The SMILES string of the molecule is CCN1CC(=O)N(c2cc(-c3cn(C)c4c(=O)[nH]ccc34)c(Oc3ccccc3)cc2C)C1=O. The van der Waals surface area contributed by atoms with Gasteiger partial charge in [0.2, 0.25) is 0 Å². The van der Waals surface area contributed by atoms with E-state index in [0.29, 0.717) is 34.8 Å². The molecule has 2 aromatic carbocycles. The van der Waals surface area contributed by atoms with Crippen LogP contribution in [0.2, 0.25) is 0 Å². The van der Waals surface area contributed by atoms with E-state index in [1.54, 1.807) is 23.9 Å². The number of fused-ring (bicyclic) bond motifs is 1. The smallest absolute Gasteiger partial charge is 0.331 e. The zero-order valence-corrected chi connectivity index (χ0v) is 19.2. The van der Waals surface area contributed by atoms with Crippen molar-refractivity contribution in [2.45, 2.75) is 13.8 Å². The number of aromatic amines is 1. The van der Waals surface area contributed by atoms with Gasteiger partial charge in [0.1, 0.15) is 23.6 Å². The molecule has 1 fully saturated rings. The number of H-pyrrole nitrogens is 1. The molecule has 0 bridgehead atoms. The van der Waals surface area contributed by atoms with Crippen LogP contribution in [0.1, 0.15) is 12.5 Å². The van der Waals surface area contributed by atoms with Crippen molar-refractivity contribution >= 4 is 28.5 Å². The highest BCUT2D eigenvalue weighted by molar-refractivity contribution is 6.20. The maximum absolute atomic E-state index is 12.9. The minimum Gasteiger partial charge on any atom is -0.457 e. The van der Waals surface area contributed by atoms with Crippen molar-refractivity contribution < 1.29 is 14.3 Å². The number of amides is 3. The Balaban J connectivity index is 1.74. The quantitative estimate of drug-likeness (QED) is 0.450. The van der Waals surface area contributed by atoms with Crippen LogP contribution in [0, 0.1) is 6.92 Å². The van der Waals surface area contributed by atoms with Crippen molar-refractivity contribution in [3.63, 3.8) is 0 Å². The molecule has 3 heterocycles. The minimum absolute atomic E-state index is 0.0516. The summed E-state index contributed by atoms with van der Waals surface area (Å²) in [6.07, 6.45) is 3.46. The number of para-hydroxylation sites is 1. The molecular formula is C26H24N4O4. The van der Waals surface area contributed by atoms with Crippen LogP contribution in [-0.4, -0.2) is 39.5 Å². The number of benzene rings is 2. The number of carbonyl (C=O) groups is 2. The molecular weight excluding hydrogens is 432 g/mol.